The van der Waals surface area contributed by atoms with Gasteiger partial charge in [-0.2, -0.15) is 0 Å². The number of benzene rings is 2. The summed E-state index contributed by atoms with van der Waals surface area (Å²) >= 11 is 41.8. The zero-order valence-electron chi connectivity index (χ0n) is 9.25. The number of hydrogen-bond donors (Lipinski definition) is 1. The number of halogens is 7. The van der Waals surface area contributed by atoms with Gasteiger partial charge in [-0.05, 0) is 6.07 Å². The van der Waals surface area contributed by atoms with Crippen molar-refractivity contribution in [2.45, 2.75) is 0 Å². The third kappa shape index (κ3) is 2.78. The Morgan fingerprint density at radius 2 is 1.10 bits per heavy atom. The summed E-state index contributed by atoms with van der Waals surface area (Å²) in [4.78, 5) is 0. The van der Waals surface area contributed by atoms with E-state index in [0.29, 0.717) is 5.56 Å². The van der Waals surface area contributed by atoms with E-state index in [1.54, 1.807) is 0 Å². The van der Waals surface area contributed by atoms with E-state index in [4.69, 9.17) is 81.2 Å². The molecule has 1 N–H and O–H groups in total. The fourth-order valence-electron chi connectivity index (χ4n) is 1.59. The normalized spacial score (nSPS) is 10.9. The van der Waals surface area contributed by atoms with Crippen molar-refractivity contribution < 1.29 is 5.11 Å². The predicted octanol–water partition coefficient (Wildman–Crippen LogP) is 7.63. The van der Waals surface area contributed by atoms with Crippen molar-refractivity contribution in [2.24, 2.45) is 0 Å². The van der Waals surface area contributed by atoms with Gasteiger partial charge >= 0.3 is 0 Å². The molecule has 2 rings (SSSR count). The summed E-state index contributed by atoms with van der Waals surface area (Å²) in [5, 5.41) is 10.7. The van der Waals surface area contributed by atoms with Crippen LogP contribution in [-0.2, 0) is 0 Å². The molecular weight excluding hydrogens is 408 g/mol. The molecule has 0 atom stereocenters. The average molecular weight is 411 g/mol. The van der Waals surface area contributed by atoms with Crippen LogP contribution in [-0.4, -0.2) is 5.11 Å². The highest BCUT2D eigenvalue weighted by Gasteiger charge is 2.21. The monoisotopic (exact) mass is 408 g/mol. The van der Waals surface area contributed by atoms with Gasteiger partial charge in [0.15, 0.2) is 0 Å². The lowest BCUT2D eigenvalue weighted by molar-refractivity contribution is 0.477. The van der Waals surface area contributed by atoms with Crippen LogP contribution in [0.15, 0.2) is 12.1 Å². The molecule has 0 aromatic heterocycles. The molecule has 20 heavy (non-hydrogen) atoms. The Morgan fingerprint density at radius 1 is 0.600 bits per heavy atom. The minimum absolute atomic E-state index is 0.0352. The lowest BCUT2D eigenvalue weighted by Gasteiger charge is -2.14. The van der Waals surface area contributed by atoms with Gasteiger partial charge in [0.2, 0.25) is 0 Å². The van der Waals surface area contributed by atoms with Gasteiger partial charge in [0.25, 0.3) is 0 Å². The molecule has 0 spiro atoms. The van der Waals surface area contributed by atoms with Gasteiger partial charge in [-0.1, -0.05) is 81.2 Å². The maximum Gasteiger partial charge on any atom is 0.126 e. The highest BCUT2D eigenvalue weighted by Crippen LogP contribution is 2.49. The molecule has 8 heteroatoms. The van der Waals surface area contributed by atoms with E-state index >= 15 is 0 Å². The van der Waals surface area contributed by atoms with Crippen molar-refractivity contribution in [3.05, 3.63) is 47.3 Å². The molecule has 2 aromatic rings. The van der Waals surface area contributed by atoms with Crippen LogP contribution in [0.25, 0.3) is 11.1 Å². The van der Waals surface area contributed by atoms with Crippen molar-refractivity contribution in [3.63, 3.8) is 0 Å². The van der Waals surface area contributed by atoms with Crippen molar-refractivity contribution in [2.75, 3.05) is 0 Å². The molecule has 0 aliphatic heterocycles. The Labute approximate surface area is 149 Å². The topological polar surface area (TPSA) is 20.2 Å². The zero-order chi connectivity index (χ0) is 15.2. The molecule has 0 saturated carbocycles. The molecule has 0 bridgehead atoms. The molecule has 0 radical (unpaired) electrons. The molecule has 0 amide bonds. The molecule has 0 aliphatic carbocycles. The second-order valence-electron chi connectivity index (χ2n) is 3.73. The molecule has 0 aliphatic rings. The summed E-state index contributed by atoms with van der Waals surface area (Å²) in [6, 6.07) is 2.68. The first-order valence-electron chi connectivity index (χ1n) is 4.95. The van der Waals surface area contributed by atoms with Crippen molar-refractivity contribution in [3.8, 4) is 16.9 Å². The van der Waals surface area contributed by atoms with Crippen LogP contribution in [0.3, 0.4) is 0 Å². The van der Waals surface area contributed by atoms with Crippen LogP contribution in [0.2, 0.25) is 35.2 Å². The fourth-order valence-corrected chi connectivity index (χ4v) is 3.19. The fraction of sp³-hybridized carbons (Fsp3) is 0. The van der Waals surface area contributed by atoms with Crippen LogP contribution in [0, 0.1) is 0 Å². The Kier molecular flexibility index (Phi) is 5.14. The van der Waals surface area contributed by atoms with Crippen molar-refractivity contribution >= 4 is 81.2 Å². The minimum atomic E-state index is -0.208. The second-order valence-corrected chi connectivity index (χ2v) is 6.43. The van der Waals surface area contributed by atoms with Crippen LogP contribution < -0.4 is 0 Å². The molecule has 106 valence electrons. The number of rotatable bonds is 1. The summed E-state index contributed by atoms with van der Waals surface area (Å²) in [5.74, 6) is -0.208. The maximum atomic E-state index is 10.0. The molecule has 2 aromatic carbocycles. The highest BCUT2D eigenvalue weighted by atomic mass is 35.5. The van der Waals surface area contributed by atoms with Crippen LogP contribution >= 0.6 is 81.2 Å². The quantitative estimate of drug-likeness (QED) is 0.378. The van der Waals surface area contributed by atoms with Gasteiger partial charge in [-0.25, -0.2) is 0 Å². The largest absolute Gasteiger partial charge is 0.507 e. The molecule has 0 fully saturated rings. The summed E-state index contributed by atoms with van der Waals surface area (Å²) in [6.45, 7) is 0. The lowest BCUT2D eigenvalue weighted by Crippen LogP contribution is -1.87. The third-order valence-corrected chi connectivity index (χ3v) is 5.53. The van der Waals surface area contributed by atoms with Crippen LogP contribution in [0.4, 0.5) is 0 Å². The summed E-state index contributed by atoms with van der Waals surface area (Å²) in [5.41, 5.74) is 0.471. The van der Waals surface area contributed by atoms with Gasteiger partial charge in [-0.15, -0.1) is 0 Å². The zero-order valence-corrected chi connectivity index (χ0v) is 14.5. The van der Waals surface area contributed by atoms with Crippen molar-refractivity contribution in [1.82, 2.24) is 0 Å². The van der Waals surface area contributed by atoms with E-state index in [1.807, 2.05) is 0 Å². The first-order chi connectivity index (χ1) is 9.25. The Bertz CT molecular complexity index is 712. The second kappa shape index (κ2) is 6.18. The average Bonchev–Trinajstić information content (AvgIpc) is 2.39. The summed E-state index contributed by atoms with van der Waals surface area (Å²) in [7, 11) is 0. The minimum Gasteiger partial charge on any atom is -0.507 e. The van der Waals surface area contributed by atoms with E-state index in [2.05, 4.69) is 0 Å². The number of aromatic hydroxyl groups is 1. The van der Waals surface area contributed by atoms with Crippen molar-refractivity contribution in [1.29, 1.82) is 0 Å². The predicted molar refractivity (Wildman–Crippen MR) is 88.6 cm³/mol. The van der Waals surface area contributed by atoms with E-state index in [-0.39, 0.29) is 46.5 Å². The van der Waals surface area contributed by atoms with E-state index in [1.165, 1.54) is 12.1 Å². The van der Waals surface area contributed by atoms with E-state index in [9.17, 15) is 5.11 Å². The standard InChI is InChI=1S/C12H3Cl7O/c13-4-1-3(8(15)12(19)10(4)17)7-6(20)2-5(14)9(16)11(7)18/h1-2,20H. The Morgan fingerprint density at radius 3 is 1.70 bits per heavy atom. The summed E-state index contributed by atoms with van der Waals surface area (Å²) < 4.78 is 0. The van der Waals surface area contributed by atoms with E-state index < -0.39 is 0 Å². The van der Waals surface area contributed by atoms with Gasteiger partial charge < -0.3 is 5.11 Å². The number of phenols is 1. The first-order valence-corrected chi connectivity index (χ1v) is 7.60. The third-order valence-electron chi connectivity index (χ3n) is 2.51. The summed E-state index contributed by atoms with van der Waals surface area (Å²) in [6.07, 6.45) is 0. The van der Waals surface area contributed by atoms with Gasteiger partial charge in [-0.3, -0.25) is 0 Å². The smallest absolute Gasteiger partial charge is 0.126 e. The lowest BCUT2D eigenvalue weighted by atomic mass is 10.0. The Balaban J connectivity index is 2.86. The highest BCUT2D eigenvalue weighted by molar-refractivity contribution is 6.53. The SMILES string of the molecule is Oc1cc(Cl)c(Cl)c(Cl)c1-c1cc(Cl)c(Cl)c(Cl)c1Cl. The van der Waals surface area contributed by atoms with Crippen LogP contribution in [0.5, 0.6) is 5.75 Å². The molecule has 0 saturated heterocycles. The molecule has 0 heterocycles. The van der Waals surface area contributed by atoms with Crippen LogP contribution in [0.1, 0.15) is 0 Å². The first kappa shape index (κ1) is 16.6. The number of phenolic OH excluding ortho intramolecular Hbond substituents is 1. The van der Waals surface area contributed by atoms with Gasteiger partial charge in [0.1, 0.15) is 5.75 Å². The van der Waals surface area contributed by atoms with Gasteiger partial charge in [0, 0.05) is 17.2 Å². The van der Waals surface area contributed by atoms with E-state index in [0.717, 1.165) is 0 Å². The molecule has 1 nitrogen and oxygen atoms in total. The maximum absolute atomic E-state index is 10.0. The number of hydrogen-bond acceptors (Lipinski definition) is 1. The molecule has 0 unspecified atom stereocenters. The van der Waals surface area contributed by atoms with Gasteiger partial charge in [0.05, 0.1) is 35.2 Å². The Hall–Kier alpha value is 0.270. The molecular formula is C12H3Cl7O.